The number of amides is 3. The Balaban J connectivity index is 1.80. The van der Waals surface area contributed by atoms with Crippen molar-refractivity contribution in [3.63, 3.8) is 0 Å². The highest BCUT2D eigenvalue weighted by molar-refractivity contribution is 7.98. The maximum absolute atomic E-state index is 13.1. The van der Waals surface area contributed by atoms with E-state index >= 15 is 0 Å². The second-order valence-corrected chi connectivity index (χ2v) is 8.02. The molecule has 1 aliphatic heterocycles. The highest BCUT2D eigenvalue weighted by Crippen LogP contribution is 2.27. The van der Waals surface area contributed by atoms with Gasteiger partial charge >= 0.3 is 0 Å². The van der Waals surface area contributed by atoms with Gasteiger partial charge in [-0.3, -0.25) is 19.3 Å². The molecule has 0 unspecified atom stereocenters. The lowest BCUT2D eigenvalue weighted by Crippen LogP contribution is -2.47. The van der Waals surface area contributed by atoms with E-state index in [4.69, 9.17) is 0 Å². The van der Waals surface area contributed by atoms with Gasteiger partial charge in [0, 0.05) is 24.5 Å². The van der Waals surface area contributed by atoms with Gasteiger partial charge in [-0.2, -0.15) is 11.8 Å². The topological polar surface area (TPSA) is 69.7 Å². The predicted molar refractivity (Wildman–Crippen MR) is 122 cm³/mol. The second-order valence-electron chi connectivity index (χ2n) is 7.03. The van der Waals surface area contributed by atoms with Gasteiger partial charge in [0.1, 0.15) is 6.04 Å². The van der Waals surface area contributed by atoms with Crippen molar-refractivity contribution in [3.05, 3.63) is 59.7 Å². The molecule has 3 rings (SSSR count). The fourth-order valence-electron chi connectivity index (χ4n) is 3.67. The van der Waals surface area contributed by atoms with Crippen LogP contribution in [0, 0.1) is 0 Å². The molecule has 6 nitrogen and oxygen atoms in total. The Labute approximate surface area is 181 Å². The van der Waals surface area contributed by atoms with E-state index in [1.807, 2.05) is 30.5 Å². The lowest BCUT2D eigenvalue weighted by molar-refractivity contribution is -0.120. The molecule has 0 spiro atoms. The van der Waals surface area contributed by atoms with Crippen LogP contribution in [-0.4, -0.2) is 53.8 Å². The Morgan fingerprint density at radius 1 is 1.00 bits per heavy atom. The van der Waals surface area contributed by atoms with Crippen LogP contribution in [0.5, 0.6) is 0 Å². The second kappa shape index (κ2) is 9.80. The van der Waals surface area contributed by atoms with Crippen LogP contribution in [0.3, 0.4) is 0 Å². The Kier molecular flexibility index (Phi) is 7.15. The largest absolute Gasteiger partial charge is 0.372 e. The first-order valence-corrected chi connectivity index (χ1v) is 11.5. The summed E-state index contributed by atoms with van der Waals surface area (Å²) in [6, 6.07) is 13.5. The molecule has 1 heterocycles. The van der Waals surface area contributed by atoms with Crippen LogP contribution >= 0.6 is 11.8 Å². The molecule has 1 atom stereocenters. The van der Waals surface area contributed by atoms with Crippen molar-refractivity contribution in [2.75, 3.05) is 35.3 Å². The van der Waals surface area contributed by atoms with E-state index < -0.39 is 17.9 Å². The van der Waals surface area contributed by atoms with Gasteiger partial charge in [0.2, 0.25) is 5.91 Å². The maximum atomic E-state index is 13.1. The fourth-order valence-corrected chi connectivity index (χ4v) is 4.13. The highest BCUT2D eigenvalue weighted by atomic mass is 32.2. The average Bonchev–Trinajstić information content (AvgIpc) is 3.01. The normalized spacial score (nSPS) is 13.9. The van der Waals surface area contributed by atoms with Gasteiger partial charge in [-0.05, 0) is 68.7 Å². The van der Waals surface area contributed by atoms with E-state index in [1.54, 1.807) is 36.0 Å². The van der Waals surface area contributed by atoms with Crippen molar-refractivity contribution in [2.24, 2.45) is 0 Å². The van der Waals surface area contributed by atoms with Crippen molar-refractivity contribution in [1.29, 1.82) is 0 Å². The van der Waals surface area contributed by atoms with Gasteiger partial charge < -0.3 is 10.2 Å². The molecule has 30 heavy (non-hydrogen) atoms. The number of anilines is 2. The van der Waals surface area contributed by atoms with E-state index in [0.29, 0.717) is 29.0 Å². The molecular weight excluding hydrogens is 398 g/mol. The number of nitrogens with zero attached hydrogens (tertiary/aromatic N) is 2. The van der Waals surface area contributed by atoms with E-state index in [0.717, 1.165) is 23.7 Å². The smallest absolute Gasteiger partial charge is 0.262 e. The number of carbonyl (C=O) groups is 3. The van der Waals surface area contributed by atoms with Gasteiger partial charge in [-0.1, -0.05) is 12.1 Å². The Morgan fingerprint density at radius 2 is 1.57 bits per heavy atom. The number of fused-ring (bicyclic) bond motifs is 1. The van der Waals surface area contributed by atoms with Crippen LogP contribution in [-0.2, 0) is 4.79 Å². The SMILES string of the molecule is CCN(CC)c1ccc(NC(=O)[C@@H](CCSC)N2C(=O)c3ccccc3C2=O)cc1. The van der Waals surface area contributed by atoms with E-state index in [2.05, 4.69) is 24.1 Å². The first kappa shape index (κ1) is 21.9. The third-order valence-electron chi connectivity index (χ3n) is 5.30. The Hall–Kier alpha value is -2.80. The molecule has 2 aromatic rings. The monoisotopic (exact) mass is 425 g/mol. The van der Waals surface area contributed by atoms with Gasteiger partial charge in [0.15, 0.2) is 0 Å². The molecule has 0 radical (unpaired) electrons. The van der Waals surface area contributed by atoms with Crippen LogP contribution in [0.15, 0.2) is 48.5 Å². The number of thioether (sulfide) groups is 1. The summed E-state index contributed by atoms with van der Waals surface area (Å²) in [6.07, 6.45) is 2.33. The summed E-state index contributed by atoms with van der Waals surface area (Å²) < 4.78 is 0. The summed E-state index contributed by atoms with van der Waals surface area (Å²) >= 11 is 1.57. The number of imide groups is 1. The number of benzene rings is 2. The number of carbonyl (C=O) groups excluding carboxylic acids is 3. The summed E-state index contributed by atoms with van der Waals surface area (Å²) in [5.74, 6) is -0.511. The summed E-state index contributed by atoms with van der Waals surface area (Å²) in [5, 5.41) is 2.89. The van der Waals surface area contributed by atoms with Crippen molar-refractivity contribution >= 4 is 40.9 Å². The third kappa shape index (κ3) is 4.36. The van der Waals surface area contributed by atoms with Crippen molar-refractivity contribution in [2.45, 2.75) is 26.3 Å². The van der Waals surface area contributed by atoms with Crippen LogP contribution in [0.4, 0.5) is 11.4 Å². The standard InChI is InChI=1S/C23H27N3O3S/c1-4-25(5-2)17-12-10-16(11-13-17)24-21(27)20(14-15-30-3)26-22(28)18-8-6-7-9-19(18)23(26)29/h6-13,20H,4-5,14-15H2,1-3H3,(H,24,27)/t20-/m1/s1. The minimum atomic E-state index is -0.854. The summed E-state index contributed by atoms with van der Waals surface area (Å²) in [6.45, 7) is 5.99. The first-order chi connectivity index (χ1) is 14.5. The zero-order valence-electron chi connectivity index (χ0n) is 17.6. The third-order valence-corrected chi connectivity index (χ3v) is 5.94. The zero-order valence-corrected chi connectivity index (χ0v) is 18.4. The van der Waals surface area contributed by atoms with E-state index in [-0.39, 0.29) is 5.91 Å². The molecule has 3 amide bonds. The lowest BCUT2D eigenvalue weighted by Gasteiger charge is -2.25. The molecule has 0 fully saturated rings. The van der Waals surface area contributed by atoms with E-state index in [1.165, 1.54) is 0 Å². The van der Waals surface area contributed by atoms with Crippen molar-refractivity contribution in [3.8, 4) is 0 Å². The molecular formula is C23H27N3O3S. The number of hydrogen-bond donors (Lipinski definition) is 1. The molecule has 0 saturated heterocycles. The van der Waals surface area contributed by atoms with Crippen LogP contribution < -0.4 is 10.2 Å². The van der Waals surface area contributed by atoms with E-state index in [9.17, 15) is 14.4 Å². The zero-order chi connectivity index (χ0) is 21.7. The first-order valence-electron chi connectivity index (χ1n) is 10.1. The number of hydrogen-bond acceptors (Lipinski definition) is 5. The van der Waals surface area contributed by atoms with Gasteiger partial charge in [0.05, 0.1) is 11.1 Å². The molecule has 0 saturated carbocycles. The lowest BCUT2D eigenvalue weighted by atomic mass is 10.1. The fraction of sp³-hybridized carbons (Fsp3) is 0.348. The predicted octanol–water partition coefficient (Wildman–Crippen LogP) is 3.89. The molecule has 158 valence electrons. The van der Waals surface area contributed by atoms with Crippen molar-refractivity contribution < 1.29 is 14.4 Å². The molecule has 1 aliphatic rings. The molecule has 1 N–H and O–H groups in total. The quantitative estimate of drug-likeness (QED) is 0.617. The summed E-state index contributed by atoms with van der Waals surface area (Å²) in [4.78, 5) is 42.2. The molecule has 0 bridgehead atoms. The van der Waals surface area contributed by atoms with Crippen LogP contribution in [0.1, 0.15) is 41.0 Å². The highest BCUT2D eigenvalue weighted by Gasteiger charge is 2.42. The van der Waals surface area contributed by atoms with Crippen molar-refractivity contribution in [1.82, 2.24) is 4.90 Å². The number of rotatable bonds is 9. The average molecular weight is 426 g/mol. The van der Waals surface area contributed by atoms with Crippen LogP contribution in [0.25, 0.3) is 0 Å². The minimum Gasteiger partial charge on any atom is -0.372 e. The van der Waals surface area contributed by atoms with Crippen LogP contribution in [0.2, 0.25) is 0 Å². The van der Waals surface area contributed by atoms with Gasteiger partial charge in [0.25, 0.3) is 11.8 Å². The maximum Gasteiger partial charge on any atom is 0.262 e. The number of nitrogens with one attached hydrogen (secondary N) is 1. The molecule has 7 heteroatoms. The Bertz CT molecular complexity index is 891. The minimum absolute atomic E-state index is 0.353. The molecule has 0 aliphatic carbocycles. The molecule has 2 aromatic carbocycles. The summed E-state index contributed by atoms with van der Waals surface area (Å²) in [5.41, 5.74) is 2.43. The van der Waals surface area contributed by atoms with Gasteiger partial charge in [-0.15, -0.1) is 0 Å². The van der Waals surface area contributed by atoms with Gasteiger partial charge in [-0.25, -0.2) is 0 Å². The summed E-state index contributed by atoms with van der Waals surface area (Å²) in [7, 11) is 0. The molecule has 0 aromatic heterocycles. The Morgan fingerprint density at radius 3 is 2.07 bits per heavy atom.